The number of piperazine rings is 1. The standard InChI is InChI=1S/C27H27FN8O.C2H6/c1-17-19(3-6-25(32-17)35-10-8-34(2)9-11-35)22-15-31-27(36-16-18(13-29)33-26(22)36)30-14-21-20-7-12-37-24(20)5-4-23(21)28;1-2/h3-6,15-16H,7-12,14H2,1-2H3,(H,30,31);1-2H3. The van der Waals surface area contributed by atoms with Gasteiger partial charge in [-0.1, -0.05) is 13.8 Å². The monoisotopic (exact) mass is 528 g/mol. The molecule has 202 valence electrons. The number of imidazole rings is 1. The number of hydrogen-bond acceptors (Lipinski definition) is 8. The highest BCUT2D eigenvalue weighted by Gasteiger charge is 2.21. The zero-order valence-corrected chi connectivity index (χ0v) is 22.8. The summed E-state index contributed by atoms with van der Waals surface area (Å²) in [6, 6.07) is 9.30. The van der Waals surface area contributed by atoms with Gasteiger partial charge < -0.3 is 19.9 Å². The lowest BCUT2D eigenvalue weighted by Crippen LogP contribution is -2.44. The normalized spacial score (nSPS) is 14.8. The van der Waals surface area contributed by atoms with Gasteiger partial charge in [0.15, 0.2) is 11.3 Å². The highest BCUT2D eigenvalue weighted by molar-refractivity contribution is 5.80. The molecule has 1 N–H and O–H groups in total. The van der Waals surface area contributed by atoms with Gasteiger partial charge in [0.1, 0.15) is 23.5 Å². The summed E-state index contributed by atoms with van der Waals surface area (Å²) < 4.78 is 22.0. The number of pyridine rings is 1. The lowest BCUT2D eigenvalue weighted by atomic mass is 10.0. The molecule has 0 atom stereocenters. The molecule has 0 unspecified atom stereocenters. The largest absolute Gasteiger partial charge is 0.493 e. The highest BCUT2D eigenvalue weighted by Crippen LogP contribution is 2.32. The predicted octanol–water partition coefficient (Wildman–Crippen LogP) is 4.44. The maximum absolute atomic E-state index is 14.6. The van der Waals surface area contributed by atoms with Crippen molar-refractivity contribution in [3.05, 3.63) is 65.0 Å². The van der Waals surface area contributed by atoms with Crippen molar-refractivity contribution in [2.45, 2.75) is 33.7 Å². The Bertz CT molecular complexity index is 1530. The predicted molar refractivity (Wildman–Crippen MR) is 150 cm³/mol. The first-order valence-electron chi connectivity index (χ1n) is 13.4. The van der Waals surface area contributed by atoms with Gasteiger partial charge in [0.2, 0.25) is 5.95 Å². The Morgan fingerprint density at radius 3 is 2.62 bits per heavy atom. The Kier molecular flexibility index (Phi) is 7.61. The van der Waals surface area contributed by atoms with E-state index in [1.807, 2.05) is 32.9 Å². The molecule has 0 amide bonds. The third kappa shape index (κ3) is 5.10. The number of fused-ring (bicyclic) bond motifs is 2. The van der Waals surface area contributed by atoms with Crippen molar-refractivity contribution in [1.82, 2.24) is 24.3 Å². The molecule has 10 heteroatoms. The lowest BCUT2D eigenvalue weighted by molar-refractivity contribution is 0.312. The molecule has 0 spiro atoms. The van der Waals surface area contributed by atoms with E-state index < -0.39 is 0 Å². The van der Waals surface area contributed by atoms with Crippen LogP contribution in [0.5, 0.6) is 5.75 Å². The van der Waals surface area contributed by atoms with Crippen LogP contribution in [0, 0.1) is 24.1 Å². The fourth-order valence-electron chi connectivity index (χ4n) is 5.07. The highest BCUT2D eigenvalue weighted by atomic mass is 19.1. The van der Waals surface area contributed by atoms with E-state index in [-0.39, 0.29) is 18.1 Å². The van der Waals surface area contributed by atoms with Crippen LogP contribution in [0.4, 0.5) is 16.2 Å². The number of halogens is 1. The van der Waals surface area contributed by atoms with E-state index in [1.54, 1.807) is 22.9 Å². The molecule has 4 aromatic rings. The van der Waals surface area contributed by atoms with Crippen molar-refractivity contribution in [3.8, 4) is 22.9 Å². The average molecular weight is 529 g/mol. The Hall–Kier alpha value is -4.23. The third-order valence-corrected chi connectivity index (χ3v) is 7.16. The number of nitrogens with one attached hydrogen (secondary N) is 1. The van der Waals surface area contributed by atoms with E-state index in [9.17, 15) is 9.65 Å². The van der Waals surface area contributed by atoms with Crippen LogP contribution in [0.2, 0.25) is 0 Å². The second-order valence-corrected chi connectivity index (χ2v) is 9.47. The Morgan fingerprint density at radius 2 is 1.87 bits per heavy atom. The van der Waals surface area contributed by atoms with E-state index in [1.165, 1.54) is 6.07 Å². The molecule has 0 saturated carbocycles. The third-order valence-electron chi connectivity index (χ3n) is 7.16. The number of rotatable bonds is 5. The summed E-state index contributed by atoms with van der Waals surface area (Å²) >= 11 is 0. The van der Waals surface area contributed by atoms with Crippen LogP contribution in [0.3, 0.4) is 0 Å². The molecule has 39 heavy (non-hydrogen) atoms. The number of aryl methyl sites for hydroxylation is 1. The van der Waals surface area contributed by atoms with Crippen LogP contribution in [0.15, 0.2) is 36.7 Å². The van der Waals surface area contributed by atoms with Crippen molar-refractivity contribution >= 4 is 17.4 Å². The molecular weight excluding hydrogens is 495 g/mol. The number of benzene rings is 1. The van der Waals surface area contributed by atoms with Crippen LogP contribution < -0.4 is 15.0 Å². The zero-order valence-electron chi connectivity index (χ0n) is 22.8. The number of ether oxygens (including phenoxy) is 1. The molecule has 2 aliphatic rings. The minimum atomic E-state index is -0.282. The number of nitrogens with zero attached hydrogens (tertiary/aromatic N) is 7. The fraction of sp³-hybridized carbons (Fsp3) is 0.379. The molecule has 1 aromatic carbocycles. The summed E-state index contributed by atoms with van der Waals surface area (Å²) in [6.07, 6.45) is 4.05. The topological polar surface area (TPSA) is 94.6 Å². The van der Waals surface area contributed by atoms with Crippen molar-refractivity contribution < 1.29 is 9.13 Å². The summed E-state index contributed by atoms with van der Waals surface area (Å²) in [5.41, 5.74) is 4.86. The molecule has 1 saturated heterocycles. The van der Waals surface area contributed by atoms with Crippen LogP contribution in [0.1, 0.15) is 36.4 Å². The zero-order chi connectivity index (χ0) is 27.5. The van der Waals surface area contributed by atoms with E-state index in [0.717, 1.165) is 60.1 Å². The molecule has 9 nitrogen and oxygen atoms in total. The molecule has 5 heterocycles. The Balaban J connectivity index is 0.00000151. The summed E-state index contributed by atoms with van der Waals surface area (Å²) in [7, 11) is 2.13. The maximum atomic E-state index is 14.6. The first-order valence-corrected chi connectivity index (χ1v) is 13.4. The molecule has 0 radical (unpaired) electrons. The number of nitriles is 1. The molecular formula is C29H33FN8O. The van der Waals surface area contributed by atoms with Crippen molar-refractivity contribution in [3.63, 3.8) is 0 Å². The van der Waals surface area contributed by atoms with E-state index in [4.69, 9.17) is 9.72 Å². The smallest absolute Gasteiger partial charge is 0.208 e. The van der Waals surface area contributed by atoms with Gasteiger partial charge in [-0.3, -0.25) is 4.40 Å². The number of likely N-dealkylation sites (N-methyl/N-ethyl adjacent to an activating group) is 1. The summed E-state index contributed by atoms with van der Waals surface area (Å²) in [5, 5.41) is 12.8. The molecule has 0 bridgehead atoms. The number of anilines is 2. The van der Waals surface area contributed by atoms with Gasteiger partial charge in [-0.15, -0.1) is 0 Å². The molecule has 2 aliphatic heterocycles. The van der Waals surface area contributed by atoms with Gasteiger partial charge in [0.25, 0.3) is 0 Å². The van der Waals surface area contributed by atoms with Crippen molar-refractivity contribution in [1.29, 1.82) is 5.26 Å². The first kappa shape index (κ1) is 26.4. The van der Waals surface area contributed by atoms with E-state index in [2.05, 4.69) is 38.2 Å². The maximum Gasteiger partial charge on any atom is 0.208 e. The van der Waals surface area contributed by atoms with Crippen LogP contribution in [-0.4, -0.2) is 64.1 Å². The van der Waals surface area contributed by atoms with Crippen LogP contribution >= 0.6 is 0 Å². The van der Waals surface area contributed by atoms with E-state index >= 15 is 0 Å². The molecule has 0 aliphatic carbocycles. The van der Waals surface area contributed by atoms with E-state index in [0.29, 0.717) is 30.2 Å². The van der Waals surface area contributed by atoms with Crippen LogP contribution in [-0.2, 0) is 13.0 Å². The number of aromatic nitrogens is 4. The number of hydrogen-bond donors (Lipinski definition) is 1. The minimum absolute atomic E-state index is 0.236. The average Bonchev–Trinajstić information content (AvgIpc) is 3.62. The van der Waals surface area contributed by atoms with Gasteiger partial charge in [-0.05, 0) is 38.2 Å². The van der Waals surface area contributed by atoms with Crippen molar-refractivity contribution in [2.75, 3.05) is 50.1 Å². The SMILES string of the molecule is CC.Cc1nc(N2CCN(C)CC2)ccc1-c1cnc(NCc2c(F)ccc3c2CCO3)n2cc(C#N)nc12. The van der Waals surface area contributed by atoms with Crippen molar-refractivity contribution in [2.24, 2.45) is 0 Å². The lowest BCUT2D eigenvalue weighted by Gasteiger charge is -2.33. The van der Waals surface area contributed by atoms with Gasteiger partial charge in [0, 0.05) is 73.3 Å². The molecule has 1 fully saturated rings. The summed E-state index contributed by atoms with van der Waals surface area (Å²) in [4.78, 5) is 18.7. The van der Waals surface area contributed by atoms with Crippen LogP contribution in [0.25, 0.3) is 16.8 Å². The molecule has 6 rings (SSSR count). The second kappa shape index (κ2) is 11.3. The van der Waals surface area contributed by atoms with Gasteiger partial charge in [-0.25, -0.2) is 19.3 Å². The Morgan fingerprint density at radius 1 is 1.08 bits per heavy atom. The summed E-state index contributed by atoms with van der Waals surface area (Å²) in [5.74, 6) is 1.88. The fourth-order valence-corrected chi connectivity index (χ4v) is 5.07. The first-order chi connectivity index (χ1) is 19.0. The van der Waals surface area contributed by atoms with Gasteiger partial charge in [-0.2, -0.15) is 5.26 Å². The Labute approximate surface area is 227 Å². The quantitative estimate of drug-likeness (QED) is 0.407. The van der Waals surface area contributed by atoms with Gasteiger partial charge >= 0.3 is 0 Å². The summed E-state index contributed by atoms with van der Waals surface area (Å²) in [6.45, 7) is 10.7. The molecule has 3 aromatic heterocycles. The van der Waals surface area contributed by atoms with Gasteiger partial charge in [0.05, 0.1) is 12.8 Å². The minimum Gasteiger partial charge on any atom is -0.493 e. The second-order valence-electron chi connectivity index (χ2n) is 9.47.